The van der Waals surface area contributed by atoms with E-state index in [-0.39, 0.29) is 0 Å². The molecule has 1 aromatic carbocycles. The van der Waals surface area contributed by atoms with Crippen LogP contribution in [-0.4, -0.2) is 14.1 Å². The zero-order valence-corrected chi connectivity index (χ0v) is 11.6. The van der Waals surface area contributed by atoms with Crippen molar-refractivity contribution < 1.29 is 9.15 Å². The van der Waals surface area contributed by atoms with E-state index in [1.54, 1.807) is 0 Å². The van der Waals surface area contributed by atoms with Gasteiger partial charge in [-0.15, -0.1) is 0 Å². The highest BCUT2D eigenvalue weighted by Crippen LogP contribution is 2.22. The van der Waals surface area contributed by atoms with Crippen LogP contribution >= 0.6 is 0 Å². The van der Waals surface area contributed by atoms with Crippen molar-refractivity contribution in [2.75, 3.05) is 19.0 Å². The monoisotopic (exact) mass is 260 g/mol. The number of ether oxygens (including phenoxy) is 1. The van der Waals surface area contributed by atoms with Gasteiger partial charge in [0.15, 0.2) is 0 Å². The molecule has 0 saturated carbocycles. The fraction of sp³-hybridized carbons (Fsp3) is 0.333. The first-order chi connectivity index (χ1) is 9.10. The smallest absolute Gasteiger partial charge is 0.121 e. The molecule has 2 aromatic rings. The predicted octanol–water partition coefficient (Wildman–Crippen LogP) is 2.69. The van der Waals surface area contributed by atoms with Gasteiger partial charge in [-0.1, -0.05) is 6.07 Å². The molecule has 0 unspecified atom stereocenters. The van der Waals surface area contributed by atoms with Crippen LogP contribution in [0.15, 0.2) is 34.7 Å². The molecule has 0 saturated heterocycles. The van der Waals surface area contributed by atoms with E-state index >= 15 is 0 Å². The van der Waals surface area contributed by atoms with Gasteiger partial charge in [-0.05, 0) is 25.1 Å². The minimum absolute atomic E-state index is 0.414. The van der Waals surface area contributed by atoms with Crippen LogP contribution in [0.2, 0.25) is 0 Å². The van der Waals surface area contributed by atoms with E-state index < -0.39 is 0 Å². The highest BCUT2D eigenvalue weighted by atomic mass is 16.5. The fourth-order valence-electron chi connectivity index (χ4n) is 1.84. The van der Waals surface area contributed by atoms with Gasteiger partial charge in [0, 0.05) is 31.4 Å². The number of benzene rings is 1. The van der Waals surface area contributed by atoms with E-state index in [2.05, 4.69) is 0 Å². The summed E-state index contributed by atoms with van der Waals surface area (Å²) in [7, 11) is 4.01. The van der Waals surface area contributed by atoms with Gasteiger partial charge >= 0.3 is 0 Å². The first kappa shape index (κ1) is 13.5. The molecule has 19 heavy (non-hydrogen) atoms. The average Bonchev–Trinajstić information content (AvgIpc) is 2.77. The maximum Gasteiger partial charge on any atom is 0.121 e. The molecule has 4 nitrogen and oxygen atoms in total. The summed E-state index contributed by atoms with van der Waals surface area (Å²) in [6.45, 7) is 2.83. The summed E-state index contributed by atoms with van der Waals surface area (Å²) in [6.07, 6.45) is 0. The Labute approximate surface area is 113 Å². The normalized spacial score (nSPS) is 10.5. The van der Waals surface area contributed by atoms with Gasteiger partial charge in [-0.2, -0.15) is 0 Å². The third kappa shape index (κ3) is 3.29. The molecule has 0 bridgehead atoms. The summed E-state index contributed by atoms with van der Waals surface area (Å²) in [5.41, 5.74) is 7.70. The molecule has 1 aromatic heterocycles. The Kier molecular flexibility index (Phi) is 4.12. The molecular weight excluding hydrogens is 240 g/mol. The first-order valence-electron chi connectivity index (χ1n) is 6.28. The summed E-state index contributed by atoms with van der Waals surface area (Å²) in [4.78, 5) is 2.04. The molecule has 1 heterocycles. The molecule has 0 aliphatic heterocycles. The quantitative estimate of drug-likeness (QED) is 0.898. The molecule has 0 atom stereocenters. The second-order valence-corrected chi connectivity index (χ2v) is 4.68. The molecule has 2 rings (SSSR count). The number of nitrogens with two attached hydrogens (primary N) is 1. The molecule has 0 amide bonds. The zero-order valence-electron chi connectivity index (χ0n) is 11.6. The highest BCUT2D eigenvalue weighted by molar-refractivity contribution is 5.49. The fourth-order valence-corrected chi connectivity index (χ4v) is 1.84. The highest BCUT2D eigenvalue weighted by Gasteiger charge is 2.07. The Morgan fingerprint density at radius 2 is 2.05 bits per heavy atom. The Bertz CT molecular complexity index is 547. The van der Waals surface area contributed by atoms with Crippen LogP contribution in [-0.2, 0) is 13.2 Å². The van der Waals surface area contributed by atoms with Crippen LogP contribution < -0.4 is 15.4 Å². The second-order valence-electron chi connectivity index (χ2n) is 4.68. The van der Waals surface area contributed by atoms with Crippen LogP contribution in [0.25, 0.3) is 0 Å². The van der Waals surface area contributed by atoms with Crippen molar-refractivity contribution in [3.8, 4) is 5.75 Å². The second kappa shape index (κ2) is 5.80. The van der Waals surface area contributed by atoms with E-state index in [4.69, 9.17) is 14.9 Å². The van der Waals surface area contributed by atoms with E-state index in [1.807, 2.05) is 56.3 Å². The zero-order chi connectivity index (χ0) is 13.8. The van der Waals surface area contributed by atoms with Gasteiger partial charge in [0.1, 0.15) is 23.9 Å². The van der Waals surface area contributed by atoms with Crippen molar-refractivity contribution in [2.45, 2.75) is 20.1 Å². The van der Waals surface area contributed by atoms with E-state index in [9.17, 15) is 0 Å². The van der Waals surface area contributed by atoms with Gasteiger partial charge in [0.2, 0.25) is 0 Å². The molecule has 4 heteroatoms. The molecule has 0 spiro atoms. The number of furan rings is 1. The Balaban J connectivity index is 2.05. The van der Waals surface area contributed by atoms with E-state index in [0.717, 1.165) is 28.5 Å². The minimum atomic E-state index is 0.414. The predicted molar refractivity (Wildman–Crippen MR) is 76.4 cm³/mol. The third-order valence-electron chi connectivity index (χ3n) is 3.00. The largest absolute Gasteiger partial charge is 0.489 e. The number of aryl methyl sites for hydroxylation is 1. The maximum atomic E-state index is 5.79. The van der Waals surface area contributed by atoms with Crippen molar-refractivity contribution in [1.29, 1.82) is 0 Å². The summed E-state index contributed by atoms with van der Waals surface area (Å²) < 4.78 is 11.3. The van der Waals surface area contributed by atoms with Crippen LogP contribution in [0.3, 0.4) is 0 Å². The van der Waals surface area contributed by atoms with Crippen LogP contribution in [0.4, 0.5) is 5.69 Å². The van der Waals surface area contributed by atoms with E-state index in [1.165, 1.54) is 0 Å². The standard InChI is InChI=1S/C15H20N2O2/c1-11-12(7-15(9-16)19-11)10-18-14-6-4-5-13(8-14)17(2)3/h4-8H,9-10,16H2,1-3H3. The Hall–Kier alpha value is -1.94. The van der Waals surface area contributed by atoms with Gasteiger partial charge in [0.25, 0.3) is 0 Å². The summed E-state index contributed by atoms with van der Waals surface area (Å²) in [5.74, 6) is 2.50. The lowest BCUT2D eigenvalue weighted by molar-refractivity contribution is 0.303. The summed E-state index contributed by atoms with van der Waals surface area (Å²) in [5, 5.41) is 0. The van der Waals surface area contributed by atoms with Crippen LogP contribution in [0, 0.1) is 6.92 Å². The van der Waals surface area contributed by atoms with Gasteiger partial charge in [0.05, 0.1) is 6.54 Å². The number of rotatable bonds is 5. The average molecular weight is 260 g/mol. The Morgan fingerprint density at radius 1 is 1.26 bits per heavy atom. The van der Waals surface area contributed by atoms with Crippen molar-refractivity contribution >= 4 is 5.69 Å². The lowest BCUT2D eigenvalue weighted by Gasteiger charge is -2.13. The Morgan fingerprint density at radius 3 is 2.68 bits per heavy atom. The van der Waals surface area contributed by atoms with Crippen molar-refractivity contribution in [3.05, 3.63) is 47.4 Å². The minimum Gasteiger partial charge on any atom is -0.489 e. The number of anilines is 1. The lowest BCUT2D eigenvalue weighted by Crippen LogP contribution is -2.08. The van der Waals surface area contributed by atoms with Crippen LogP contribution in [0.5, 0.6) is 5.75 Å². The van der Waals surface area contributed by atoms with Crippen LogP contribution in [0.1, 0.15) is 17.1 Å². The van der Waals surface area contributed by atoms with Gasteiger partial charge in [-0.25, -0.2) is 0 Å². The number of hydrogen-bond donors (Lipinski definition) is 1. The van der Waals surface area contributed by atoms with Crippen molar-refractivity contribution in [2.24, 2.45) is 5.73 Å². The molecule has 2 N–H and O–H groups in total. The summed E-state index contributed by atoms with van der Waals surface area (Å²) >= 11 is 0. The van der Waals surface area contributed by atoms with Gasteiger partial charge < -0.3 is 19.8 Å². The molecule has 102 valence electrons. The molecule has 0 fully saturated rings. The molecule has 0 aliphatic carbocycles. The molecular formula is C15H20N2O2. The van der Waals surface area contributed by atoms with Crippen molar-refractivity contribution in [3.63, 3.8) is 0 Å². The van der Waals surface area contributed by atoms with Crippen molar-refractivity contribution in [1.82, 2.24) is 0 Å². The third-order valence-corrected chi connectivity index (χ3v) is 3.00. The first-order valence-corrected chi connectivity index (χ1v) is 6.28. The maximum absolute atomic E-state index is 5.79. The molecule has 0 radical (unpaired) electrons. The lowest BCUT2D eigenvalue weighted by atomic mass is 10.2. The summed E-state index contributed by atoms with van der Waals surface area (Å²) in [6, 6.07) is 9.94. The number of nitrogens with zero attached hydrogens (tertiary/aromatic N) is 1. The van der Waals surface area contributed by atoms with Gasteiger partial charge in [-0.3, -0.25) is 0 Å². The van der Waals surface area contributed by atoms with E-state index in [0.29, 0.717) is 13.2 Å². The SMILES string of the molecule is Cc1oc(CN)cc1COc1cccc(N(C)C)c1. The molecule has 0 aliphatic rings. The number of hydrogen-bond acceptors (Lipinski definition) is 4. The topological polar surface area (TPSA) is 51.6 Å².